The smallest absolute Gasteiger partial charge is 0.230 e. The molecule has 1 aromatic carbocycles. The highest BCUT2D eigenvalue weighted by Crippen LogP contribution is 2.37. The molecule has 0 aliphatic carbocycles. The van der Waals surface area contributed by atoms with Crippen LogP contribution in [0.1, 0.15) is 31.5 Å². The number of hydrogen-bond acceptors (Lipinski definition) is 4. The predicted molar refractivity (Wildman–Crippen MR) is 76.3 cm³/mol. The second-order valence-corrected chi connectivity index (χ2v) is 4.51. The number of methoxy groups -OCH3 is 1. The van der Waals surface area contributed by atoms with Crippen molar-refractivity contribution in [1.82, 2.24) is 5.16 Å². The molecule has 19 heavy (non-hydrogen) atoms. The third kappa shape index (κ3) is 2.57. The first-order chi connectivity index (χ1) is 9.21. The van der Waals surface area contributed by atoms with E-state index in [1.165, 1.54) is 5.56 Å². The van der Waals surface area contributed by atoms with E-state index in [1.54, 1.807) is 7.11 Å². The van der Waals surface area contributed by atoms with E-state index in [9.17, 15) is 0 Å². The number of nitrogen functional groups attached to an aromatic ring is 1. The fraction of sp³-hybridized carbons (Fsp3) is 0.400. The van der Waals surface area contributed by atoms with Gasteiger partial charge < -0.3 is 15.0 Å². The maximum absolute atomic E-state index is 5.93. The van der Waals surface area contributed by atoms with Crippen LogP contribution in [0.25, 0.3) is 11.1 Å². The van der Waals surface area contributed by atoms with Crippen LogP contribution >= 0.6 is 0 Å². The fourth-order valence-electron chi connectivity index (χ4n) is 2.20. The van der Waals surface area contributed by atoms with Crippen molar-refractivity contribution in [3.63, 3.8) is 0 Å². The van der Waals surface area contributed by atoms with E-state index in [0.717, 1.165) is 41.8 Å². The SMILES string of the molecule is CCCc1noc(N)c1-c1cc(CC)ccc1OC. The number of benzene rings is 1. The van der Waals surface area contributed by atoms with Gasteiger partial charge in [0.05, 0.1) is 18.4 Å². The molecule has 1 heterocycles. The summed E-state index contributed by atoms with van der Waals surface area (Å²) < 4.78 is 10.6. The quantitative estimate of drug-likeness (QED) is 0.894. The number of aryl methyl sites for hydroxylation is 2. The number of nitrogens with zero attached hydrogens (tertiary/aromatic N) is 1. The van der Waals surface area contributed by atoms with Crippen LogP contribution in [0.5, 0.6) is 5.75 Å². The van der Waals surface area contributed by atoms with E-state index in [2.05, 4.69) is 31.1 Å². The van der Waals surface area contributed by atoms with Crippen LogP contribution in [0, 0.1) is 0 Å². The lowest BCUT2D eigenvalue weighted by Gasteiger charge is -2.10. The first-order valence-electron chi connectivity index (χ1n) is 6.62. The standard InChI is InChI=1S/C15H20N2O2/c1-4-6-12-14(15(16)19-17-12)11-9-10(5-2)7-8-13(11)18-3/h7-9H,4-6,16H2,1-3H3. The first-order valence-corrected chi connectivity index (χ1v) is 6.62. The predicted octanol–water partition coefficient (Wildman–Crippen LogP) is 3.45. The summed E-state index contributed by atoms with van der Waals surface area (Å²) in [7, 11) is 1.66. The van der Waals surface area contributed by atoms with Crippen molar-refractivity contribution in [2.45, 2.75) is 33.1 Å². The lowest BCUT2D eigenvalue weighted by atomic mass is 9.99. The molecule has 4 heteroatoms. The van der Waals surface area contributed by atoms with Crippen LogP contribution in [0.3, 0.4) is 0 Å². The molecule has 0 saturated heterocycles. The van der Waals surface area contributed by atoms with Gasteiger partial charge in [0.1, 0.15) is 5.75 Å². The number of anilines is 1. The molecule has 1 aromatic heterocycles. The maximum Gasteiger partial charge on any atom is 0.230 e. The molecule has 0 saturated carbocycles. The summed E-state index contributed by atoms with van der Waals surface area (Å²) in [5, 5.41) is 4.06. The Kier molecular flexibility index (Phi) is 4.10. The van der Waals surface area contributed by atoms with Gasteiger partial charge in [-0.25, -0.2) is 0 Å². The van der Waals surface area contributed by atoms with Gasteiger partial charge in [-0.2, -0.15) is 0 Å². The number of hydrogen-bond donors (Lipinski definition) is 1. The van der Waals surface area contributed by atoms with Crippen molar-refractivity contribution in [3.8, 4) is 16.9 Å². The minimum atomic E-state index is 0.356. The maximum atomic E-state index is 5.93. The average Bonchev–Trinajstić information content (AvgIpc) is 2.79. The Morgan fingerprint density at radius 2 is 2.11 bits per heavy atom. The number of ether oxygens (including phenoxy) is 1. The first kappa shape index (κ1) is 13.5. The zero-order valence-electron chi connectivity index (χ0n) is 11.7. The van der Waals surface area contributed by atoms with Crippen molar-refractivity contribution in [2.24, 2.45) is 0 Å². The normalized spacial score (nSPS) is 10.7. The van der Waals surface area contributed by atoms with Gasteiger partial charge in [-0.15, -0.1) is 0 Å². The molecule has 0 bridgehead atoms. The molecule has 2 rings (SSSR count). The minimum Gasteiger partial charge on any atom is -0.496 e. The molecule has 102 valence electrons. The fourth-order valence-corrected chi connectivity index (χ4v) is 2.20. The topological polar surface area (TPSA) is 61.3 Å². The van der Waals surface area contributed by atoms with Crippen molar-refractivity contribution >= 4 is 5.88 Å². The Morgan fingerprint density at radius 3 is 2.74 bits per heavy atom. The van der Waals surface area contributed by atoms with E-state index in [-0.39, 0.29) is 0 Å². The molecule has 0 aliphatic rings. The van der Waals surface area contributed by atoms with E-state index in [4.69, 9.17) is 15.0 Å². The van der Waals surface area contributed by atoms with Crippen LogP contribution in [-0.4, -0.2) is 12.3 Å². The Hall–Kier alpha value is -1.97. The van der Waals surface area contributed by atoms with Gasteiger partial charge in [-0.1, -0.05) is 31.5 Å². The molecule has 0 amide bonds. The molecule has 2 aromatic rings. The minimum absolute atomic E-state index is 0.356. The summed E-state index contributed by atoms with van der Waals surface area (Å²) in [6.07, 6.45) is 2.80. The van der Waals surface area contributed by atoms with Crippen LogP contribution in [-0.2, 0) is 12.8 Å². The zero-order chi connectivity index (χ0) is 13.8. The molecule has 2 N–H and O–H groups in total. The summed E-state index contributed by atoms with van der Waals surface area (Å²) in [5.74, 6) is 1.15. The molecular formula is C15H20N2O2. The monoisotopic (exact) mass is 260 g/mol. The zero-order valence-corrected chi connectivity index (χ0v) is 11.7. The Morgan fingerprint density at radius 1 is 1.32 bits per heavy atom. The van der Waals surface area contributed by atoms with Crippen molar-refractivity contribution in [3.05, 3.63) is 29.5 Å². The van der Waals surface area contributed by atoms with Crippen LogP contribution in [0.2, 0.25) is 0 Å². The number of rotatable bonds is 5. The molecule has 0 spiro atoms. The summed E-state index contributed by atoms with van der Waals surface area (Å²) in [6.45, 7) is 4.23. The molecule has 0 fully saturated rings. The number of aromatic nitrogens is 1. The molecule has 0 unspecified atom stereocenters. The summed E-state index contributed by atoms with van der Waals surface area (Å²) in [6, 6.07) is 6.13. The molecule has 0 aliphatic heterocycles. The van der Waals surface area contributed by atoms with Gasteiger partial charge in [0.15, 0.2) is 0 Å². The lowest BCUT2D eigenvalue weighted by molar-refractivity contribution is 0.416. The van der Waals surface area contributed by atoms with E-state index < -0.39 is 0 Å². The third-order valence-electron chi connectivity index (χ3n) is 3.22. The highest BCUT2D eigenvalue weighted by molar-refractivity contribution is 5.80. The molecule has 4 nitrogen and oxygen atoms in total. The van der Waals surface area contributed by atoms with Gasteiger partial charge in [0.2, 0.25) is 5.88 Å². The van der Waals surface area contributed by atoms with Gasteiger partial charge >= 0.3 is 0 Å². The lowest BCUT2D eigenvalue weighted by Crippen LogP contribution is -1.95. The molecular weight excluding hydrogens is 240 g/mol. The summed E-state index contributed by atoms with van der Waals surface area (Å²) >= 11 is 0. The Bertz CT molecular complexity index is 561. The third-order valence-corrected chi connectivity index (χ3v) is 3.22. The Balaban J connectivity index is 2.59. The van der Waals surface area contributed by atoms with E-state index in [0.29, 0.717) is 5.88 Å². The second-order valence-electron chi connectivity index (χ2n) is 4.51. The van der Waals surface area contributed by atoms with E-state index >= 15 is 0 Å². The highest BCUT2D eigenvalue weighted by Gasteiger charge is 2.19. The van der Waals surface area contributed by atoms with Gasteiger partial charge in [0, 0.05) is 5.56 Å². The van der Waals surface area contributed by atoms with E-state index in [1.807, 2.05) is 6.07 Å². The largest absolute Gasteiger partial charge is 0.496 e. The van der Waals surface area contributed by atoms with Crippen LogP contribution in [0.15, 0.2) is 22.7 Å². The highest BCUT2D eigenvalue weighted by atomic mass is 16.5. The molecule has 0 atom stereocenters. The van der Waals surface area contributed by atoms with Gasteiger partial charge in [0.25, 0.3) is 0 Å². The van der Waals surface area contributed by atoms with Gasteiger partial charge in [-0.3, -0.25) is 0 Å². The Labute approximate surface area is 113 Å². The van der Waals surface area contributed by atoms with Crippen LogP contribution in [0.4, 0.5) is 5.88 Å². The van der Waals surface area contributed by atoms with Gasteiger partial charge in [-0.05, 0) is 30.5 Å². The number of nitrogens with two attached hydrogens (primary N) is 1. The van der Waals surface area contributed by atoms with Crippen molar-refractivity contribution in [1.29, 1.82) is 0 Å². The second kappa shape index (κ2) is 5.78. The molecule has 0 radical (unpaired) electrons. The average molecular weight is 260 g/mol. The summed E-state index contributed by atoms with van der Waals surface area (Å²) in [4.78, 5) is 0. The van der Waals surface area contributed by atoms with Crippen molar-refractivity contribution < 1.29 is 9.26 Å². The summed E-state index contributed by atoms with van der Waals surface area (Å²) in [5.41, 5.74) is 9.90. The van der Waals surface area contributed by atoms with Crippen molar-refractivity contribution in [2.75, 3.05) is 12.8 Å². The van der Waals surface area contributed by atoms with Crippen LogP contribution < -0.4 is 10.5 Å².